The molecule has 0 radical (unpaired) electrons. The summed E-state index contributed by atoms with van der Waals surface area (Å²) in [5.41, 5.74) is 1.58. The minimum absolute atomic E-state index is 0. The van der Waals surface area contributed by atoms with Crippen LogP contribution in [0.1, 0.15) is 22.5 Å². The number of halogens is 2. The molecule has 6 heteroatoms. The highest BCUT2D eigenvalue weighted by atomic mass is 35.5. The van der Waals surface area contributed by atoms with Crippen LogP contribution < -0.4 is 5.32 Å². The van der Waals surface area contributed by atoms with Crippen molar-refractivity contribution in [1.82, 2.24) is 10.2 Å². The van der Waals surface area contributed by atoms with Gasteiger partial charge < -0.3 is 14.6 Å². The Kier molecular flexibility index (Phi) is 5.37. The first-order valence-corrected chi connectivity index (χ1v) is 7.60. The normalized spacial score (nSPS) is 17.8. The molecule has 1 aliphatic heterocycles. The number of carbonyl (C=O) groups is 1. The fourth-order valence-electron chi connectivity index (χ4n) is 3.01. The highest BCUT2D eigenvalue weighted by Gasteiger charge is 2.29. The molecule has 1 aromatic carbocycles. The van der Waals surface area contributed by atoms with Gasteiger partial charge in [0.2, 0.25) is 0 Å². The Hall–Kier alpha value is -1.23. The molecule has 0 spiro atoms. The largest absolute Gasteiger partial charge is 0.451 e. The van der Waals surface area contributed by atoms with Crippen LogP contribution in [0.4, 0.5) is 0 Å². The van der Waals surface area contributed by atoms with Crippen molar-refractivity contribution in [3.05, 3.63) is 34.5 Å². The molecule has 0 aliphatic carbocycles. The lowest BCUT2D eigenvalue weighted by atomic mass is 10.1. The maximum absolute atomic E-state index is 12.7. The minimum atomic E-state index is -0.0153. The van der Waals surface area contributed by atoms with E-state index in [0.29, 0.717) is 22.3 Å². The molecule has 2 heterocycles. The van der Waals surface area contributed by atoms with E-state index in [-0.39, 0.29) is 18.3 Å². The monoisotopic (exact) mass is 342 g/mol. The molecule has 1 aromatic heterocycles. The summed E-state index contributed by atoms with van der Waals surface area (Å²) in [6.07, 6.45) is 1.04. The van der Waals surface area contributed by atoms with Crippen molar-refractivity contribution in [3.8, 4) is 0 Å². The van der Waals surface area contributed by atoms with Gasteiger partial charge in [0.05, 0.1) is 0 Å². The molecular weight excluding hydrogens is 323 g/mol. The van der Waals surface area contributed by atoms with Crippen molar-refractivity contribution >= 4 is 40.9 Å². The van der Waals surface area contributed by atoms with Gasteiger partial charge in [0.15, 0.2) is 5.76 Å². The summed E-state index contributed by atoms with van der Waals surface area (Å²) in [5.74, 6) is 0.953. The maximum atomic E-state index is 12.7. The van der Waals surface area contributed by atoms with E-state index >= 15 is 0 Å². The number of hydrogen-bond donors (Lipinski definition) is 1. The van der Waals surface area contributed by atoms with Crippen LogP contribution >= 0.6 is 24.0 Å². The van der Waals surface area contributed by atoms with Gasteiger partial charge in [-0.05, 0) is 51.1 Å². The number of benzene rings is 1. The summed E-state index contributed by atoms with van der Waals surface area (Å²) in [5, 5.41) is 4.74. The third kappa shape index (κ3) is 3.09. The molecule has 2 aromatic rings. The molecule has 1 amide bonds. The fourth-order valence-corrected chi connectivity index (χ4v) is 3.19. The van der Waals surface area contributed by atoms with E-state index in [1.165, 1.54) is 0 Å². The van der Waals surface area contributed by atoms with Crippen LogP contribution in [0, 0.1) is 12.8 Å². The molecule has 0 saturated carbocycles. The summed E-state index contributed by atoms with van der Waals surface area (Å²) in [6, 6.07) is 5.44. The van der Waals surface area contributed by atoms with Gasteiger partial charge in [-0.3, -0.25) is 4.79 Å². The van der Waals surface area contributed by atoms with Gasteiger partial charge in [0, 0.05) is 29.1 Å². The molecule has 1 unspecified atom stereocenters. The first-order valence-electron chi connectivity index (χ1n) is 7.22. The highest BCUT2D eigenvalue weighted by Crippen LogP contribution is 2.29. The third-order valence-corrected chi connectivity index (χ3v) is 4.39. The Balaban J connectivity index is 0.00000176. The summed E-state index contributed by atoms with van der Waals surface area (Å²) >= 11 is 6.02. The molecule has 3 rings (SSSR count). The second-order valence-electron chi connectivity index (χ2n) is 5.66. The van der Waals surface area contributed by atoms with Crippen molar-refractivity contribution in [2.75, 3.05) is 26.7 Å². The summed E-state index contributed by atoms with van der Waals surface area (Å²) in [7, 11) is 1.94. The Morgan fingerprint density at radius 1 is 1.50 bits per heavy atom. The van der Waals surface area contributed by atoms with Crippen LogP contribution in [0.3, 0.4) is 0 Å². The quantitative estimate of drug-likeness (QED) is 0.928. The average Bonchev–Trinajstić information content (AvgIpc) is 3.05. The van der Waals surface area contributed by atoms with Crippen molar-refractivity contribution in [2.45, 2.75) is 13.3 Å². The van der Waals surface area contributed by atoms with Gasteiger partial charge >= 0.3 is 0 Å². The zero-order valence-corrected chi connectivity index (χ0v) is 14.3. The number of rotatable bonds is 3. The number of aryl methyl sites for hydroxylation is 1. The van der Waals surface area contributed by atoms with E-state index in [4.69, 9.17) is 16.0 Å². The number of fused-ring (bicyclic) bond motifs is 1. The molecule has 1 saturated heterocycles. The lowest BCUT2D eigenvalue weighted by Gasteiger charge is -2.15. The number of amides is 1. The lowest BCUT2D eigenvalue weighted by Crippen LogP contribution is -2.30. The van der Waals surface area contributed by atoms with Gasteiger partial charge in [-0.2, -0.15) is 0 Å². The smallest absolute Gasteiger partial charge is 0.289 e. The SMILES string of the molecule is CNCC1CCN(C(=O)c2oc3ccc(Cl)cc3c2C)C1.Cl. The van der Waals surface area contributed by atoms with Crippen LogP contribution in [0.5, 0.6) is 0 Å². The summed E-state index contributed by atoms with van der Waals surface area (Å²) < 4.78 is 5.76. The second kappa shape index (κ2) is 6.90. The van der Waals surface area contributed by atoms with Gasteiger partial charge in [-0.25, -0.2) is 0 Å². The van der Waals surface area contributed by atoms with Gasteiger partial charge in [-0.15, -0.1) is 12.4 Å². The molecule has 22 heavy (non-hydrogen) atoms. The van der Waals surface area contributed by atoms with Crippen molar-refractivity contribution < 1.29 is 9.21 Å². The standard InChI is InChI=1S/C16H19ClN2O2.ClH/c1-10-13-7-12(17)3-4-14(13)21-15(10)16(20)19-6-5-11(9-19)8-18-2;/h3-4,7,11,18H,5-6,8-9H2,1-2H3;1H. The van der Waals surface area contributed by atoms with Gasteiger partial charge in [-0.1, -0.05) is 11.6 Å². The van der Waals surface area contributed by atoms with E-state index in [1.54, 1.807) is 6.07 Å². The topological polar surface area (TPSA) is 45.5 Å². The van der Waals surface area contributed by atoms with E-state index in [2.05, 4.69) is 5.32 Å². The Morgan fingerprint density at radius 2 is 2.27 bits per heavy atom. The molecule has 0 bridgehead atoms. The number of likely N-dealkylation sites (tertiary alicyclic amines) is 1. The predicted molar refractivity (Wildman–Crippen MR) is 91.1 cm³/mol. The average molecular weight is 343 g/mol. The van der Waals surface area contributed by atoms with Crippen LogP contribution in [0.25, 0.3) is 11.0 Å². The Bertz CT molecular complexity index is 684. The minimum Gasteiger partial charge on any atom is -0.451 e. The predicted octanol–water partition coefficient (Wildman–Crippen LogP) is 3.50. The highest BCUT2D eigenvalue weighted by molar-refractivity contribution is 6.31. The van der Waals surface area contributed by atoms with E-state index in [0.717, 1.165) is 37.0 Å². The first-order chi connectivity index (χ1) is 10.1. The Morgan fingerprint density at radius 3 is 3.00 bits per heavy atom. The number of nitrogens with one attached hydrogen (secondary N) is 1. The van der Waals surface area contributed by atoms with Crippen LogP contribution in [0.2, 0.25) is 5.02 Å². The number of furan rings is 1. The Labute approximate surface area is 141 Å². The van der Waals surface area contributed by atoms with Crippen LogP contribution in [-0.4, -0.2) is 37.5 Å². The molecule has 1 atom stereocenters. The molecule has 4 nitrogen and oxygen atoms in total. The van der Waals surface area contributed by atoms with Crippen molar-refractivity contribution in [1.29, 1.82) is 0 Å². The van der Waals surface area contributed by atoms with Crippen molar-refractivity contribution in [2.24, 2.45) is 5.92 Å². The number of nitrogens with zero attached hydrogens (tertiary/aromatic N) is 1. The second-order valence-corrected chi connectivity index (χ2v) is 6.10. The molecule has 1 fully saturated rings. The summed E-state index contributed by atoms with van der Waals surface area (Å²) in [4.78, 5) is 14.5. The van der Waals surface area contributed by atoms with Gasteiger partial charge in [0.25, 0.3) is 5.91 Å². The molecule has 1 N–H and O–H groups in total. The zero-order valence-electron chi connectivity index (χ0n) is 12.7. The van der Waals surface area contributed by atoms with Crippen molar-refractivity contribution in [3.63, 3.8) is 0 Å². The lowest BCUT2D eigenvalue weighted by molar-refractivity contribution is 0.0757. The van der Waals surface area contributed by atoms with Gasteiger partial charge in [0.1, 0.15) is 5.58 Å². The molecule has 1 aliphatic rings. The third-order valence-electron chi connectivity index (χ3n) is 4.16. The van der Waals surface area contributed by atoms with Crippen LogP contribution in [0.15, 0.2) is 22.6 Å². The van der Waals surface area contributed by atoms with E-state index in [9.17, 15) is 4.79 Å². The maximum Gasteiger partial charge on any atom is 0.289 e. The zero-order chi connectivity index (χ0) is 15.0. The first kappa shape index (κ1) is 17.1. The number of carbonyl (C=O) groups excluding carboxylic acids is 1. The summed E-state index contributed by atoms with van der Waals surface area (Å²) in [6.45, 7) is 4.44. The molecular formula is C16H20Cl2N2O2. The van der Waals surface area contributed by atoms with E-state index in [1.807, 2.05) is 31.0 Å². The number of hydrogen-bond acceptors (Lipinski definition) is 3. The fraction of sp³-hybridized carbons (Fsp3) is 0.438. The molecule has 120 valence electrons. The van der Waals surface area contributed by atoms with E-state index < -0.39 is 0 Å². The van der Waals surface area contributed by atoms with Crippen LogP contribution in [-0.2, 0) is 0 Å².